The minimum absolute atomic E-state index is 0.490. The third kappa shape index (κ3) is 1.93. The second kappa shape index (κ2) is 4.41. The molecule has 3 rings (SSSR count). The number of fused-ring (bicyclic) bond motifs is 1. The van der Waals surface area contributed by atoms with Crippen LogP contribution in [-0.2, 0) is 11.3 Å². The highest BCUT2D eigenvalue weighted by atomic mass is 16.5. The van der Waals surface area contributed by atoms with Crippen LogP contribution in [0, 0.1) is 0 Å². The largest absolute Gasteiger partial charge is 0.491 e. The van der Waals surface area contributed by atoms with Crippen LogP contribution in [0.25, 0.3) is 0 Å². The molecule has 1 aromatic carbocycles. The molecule has 5 heteroatoms. The highest BCUT2D eigenvalue weighted by Crippen LogP contribution is 2.19. The molecule has 18 heavy (non-hydrogen) atoms. The molecule has 0 spiro atoms. The van der Waals surface area contributed by atoms with Crippen molar-refractivity contribution in [2.24, 2.45) is 5.10 Å². The summed E-state index contributed by atoms with van der Waals surface area (Å²) in [5, 5.41) is 16.2. The molecule has 0 fully saturated rings. The predicted octanol–water partition coefficient (Wildman–Crippen LogP) is 0.722. The number of benzene rings is 1. The van der Waals surface area contributed by atoms with Crippen LogP contribution in [0.4, 0.5) is 0 Å². The summed E-state index contributed by atoms with van der Waals surface area (Å²) in [5.74, 6) is 0. The zero-order chi connectivity index (χ0) is 12.7. The van der Waals surface area contributed by atoms with Crippen LogP contribution in [0.2, 0.25) is 0 Å². The van der Waals surface area contributed by atoms with Crippen molar-refractivity contribution in [3.63, 3.8) is 0 Å². The van der Waals surface area contributed by atoms with Gasteiger partial charge in [-0.05, 0) is 42.4 Å². The fourth-order valence-electron chi connectivity index (χ4n) is 2.48. The predicted molar refractivity (Wildman–Crippen MR) is 71.8 cm³/mol. The van der Waals surface area contributed by atoms with Gasteiger partial charge in [0.1, 0.15) is 0 Å². The van der Waals surface area contributed by atoms with Gasteiger partial charge in [-0.2, -0.15) is 5.10 Å². The first-order valence-electron chi connectivity index (χ1n) is 6.38. The van der Waals surface area contributed by atoms with E-state index >= 15 is 0 Å². The number of hydrogen-bond acceptors (Lipinski definition) is 4. The van der Waals surface area contributed by atoms with Crippen LogP contribution < -0.4 is 5.46 Å². The van der Waals surface area contributed by atoms with Gasteiger partial charge in [-0.1, -0.05) is 12.1 Å². The van der Waals surface area contributed by atoms with Crippen LogP contribution in [0.1, 0.15) is 30.9 Å². The number of rotatable bonds is 1. The number of hydrazone groups is 1. The van der Waals surface area contributed by atoms with Gasteiger partial charge in [-0.15, -0.1) is 0 Å². The van der Waals surface area contributed by atoms with Gasteiger partial charge in [0.05, 0.1) is 12.3 Å². The van der Waals surface area contributed by atoms with Gasteiger partial charge in [0.2, 0.25) is 0 Å². The van der Waals surface area contributed by atoms with Crippen molar-refractivity contribution >= 4 is 18.3 Å². The van der Waals surface area contributed by atoms with E-state index in [1.54, 1.807) is 0 Å². The quantitative estimate of drug-likeness (QED) is 0.740. The molecule has 1 aromatic rings. The summed E-state index contributed by atoms with van der Waals surface area (Å²) in [5.41, 5.74) is 4.23. The summed E-state index contributed by atoms with van der Waals surface area (Å²) in [6, 6.07) is 6.57. The maximum Gasteiger partial charge on any atom is 0.491 e. The highest BCUT2D eigenvalue weighted by Gasteiger charge is 2.28. The minimum atomic E-state index is -0.759. The smallest absolute Gasteiger partial charge is 0.423 e. The Balaban J connectivity index is 1.92. The van der Waals surface area contributed by atoms with E-state index in [1.807, 2.05) is 24.2 Å². The van der Waals surface area contributed by atoms with Gasteiger partial charge in [0.25, 0.3) is 0 Å². The van der Waals surface area contributed by atoms with Crippen molar-refractivity contribution < 1.29 is 9.68 Å². The summed E-state index contributed by atoms with van der Waals surface area (Å²) in [6.45, 7) is 2.68. The van der Waals surface area contributed by atoms with Crippen molar-refractivity contribution in [2.45, 2.75) is 32.4 Å². The molecule has 0 amide bonds. The lowest BCUT2D eigenvalue weighted by Gasteiger charge is -2.28. The van der Waals surface area contributed by atoms with Gasteiger partial charge < -0.3 is 9.68 Å². The molecule has 1 N–H and O–H groups in total. The molecule has 1 atom stereocenters. The highest BCUT2D eigenvalue weighted by molar-refractivity contribution is 6.61. The Morgan fingerprint density at radius 3 is 3.11 bits per heavy atom. The number of nitrogens with zero attached hydrogens (tertiary/aromatic N) is 2. The average Bonchev–Trinajstić information content (AvgIpc) is 2.74. The van der Waals surface area contributed by atoms with E-state index in [9.17, 15) is 5.02 Å². The summed E-state index contributed by atoms with van der Waals surface area (Å²) in [6.07, 6.45) is 2.14. The van der Waals surface area contributed by atoms with Gasteiger partial charge in [-0.3, -0.25) is 5.01 Å². The zero-order valence-electron chi connectivity index (χ0n) is 10.8. The van der Waals surface area contributed by atoms with Crippen LogP contribution >= 0.6 is 0 Å². The normalized spacial score (nSPS) is 23.1. The summed E-state index contributed by atoms with van der Waals surface area (Å²) >= 11 is 0. The van der Waals surface area contributed by atoms with E-state index in [2.05, 4.69) is 18.1 Å². The molecule has 0 saturated carbocycles. The van der Waals surface area contributed by atoms with Crippen LogP contribution in [0.3, 0.4) is 0 Å². The second-order valence-corrected chi connectivity index (χ2v) is 5.09. The number of hydrogen-bond donors (Lipinski definition) is 1. The maximum absolute atomic E-state index is 9.60. The van der Waals surface area contributed by atoms with E-state index in [0.717, 1.165) is 35.1 Å². The van der Waals surface area contributed by atoms with Crippen molar-refractivity contribution in [3.05, 3.63) is 29.3 Å². The molecular weight excluding hydrogens is 227 g/mol. The van der Waals surface area contributed by atoms with Crippen LogP contribution in [0.5, 0.6) is 0 Å². The lowest BCUT2D eigenvalue weighted by Crippen LogP contribution is -2.31. The summed E-state index contributed by atoms with van der Waals surface area (Å²) < 4.78 is 5.21. The van der Waals surface area contributed by atoms with Crippen LogP contribution in [-0.4, -0.2) is 36.0 Å². The Morgan fingerprint density at radius 1 is 1.50 bits per heavy atom. The Bertz CT molecular complexity index is 504. The fourth-order valence-corrected chi connectivity index (χ4v) is 2.48. The van der Waals surface area contributed by atoms with Crippen molar-refractivity contribution in [1.29, 1.82) is 0 Å². The Kier molecular flexibility index (Phi) is 2.88. The first-order valence-corrected chi connectivity index (χ1v) is 6.38. The fraction of sp³-hybridized carbons (Fsp3) is 0.462. The zero-order valence-corrected chi connectivity index (χ0v) is 10.8. The lowest BCUT2D eigenvalue weighted by atomic mass is 9.79. The van der Waals surface area contributed by atoms with Crippen LogP contribution in [0.15, 0.2) is 23.3 Å². The molecule has 0 saturated heterocycles. The average molecular weight is 244 g/mol. The van der Waals surface area contributed by atoms with Gasteiger partial charge in [0, 0.05) is 13.1 Å². The van der Waals surface area contributed by atoms with E-state index in [4.69, 9.17) is 4.65 Å². The molecule has 94 valence electrons. The molecule has 4 nitrogen and oxygen atoms in total. The molecule has 0 radical (unpaired) electrons. The van der Waals surface area contributed by atoms with Crippen molar-refractivity contribution in [3.8, 4) is 0 Å². The van der Waals surface area contributed by atoms with E-state index in [0.29, 0.717) is 12.6 Å². The monoisotopic (exact) mass is 244 g/mol. The molecule has 0 bridgehead atoms. The summed E-state index contributed by atoms with van der Waals surface area (Å²) in [7, 11) is 1.26. The second-order valence-electron chi connectivity index (χ2n) is 5.09. The topological polar surface area (TPSA) is 45.1 Å². The van der Waals surface area contributed by atoms with Crippen molar-refractivity contribution in [2.75, 3.05) is 7.05 Å². The van der Waals surface area contributed by atoms with Gasteiger partial charge >= 0.3 is 7.12 Å². The first kappa shape index (κ1) is 11.7. The third-order valence-electron chi connectivity index (χ3n) is 3.85. The molecule has 2 heterocycles. The third-order valence-corrected chi connectivity index (χ3v) is 3.85. The van der Waals surface area contributed by atoms with Gasteiger partial charge in [0.15, 0.2) is 0 Å². The van der Waals surface area contributed by atoms with E-state index < -0.39 is 7.12 Å². The van der Waals surface area contributed by atoms with E-state index in [-0.39, 0.29) is 0 Å². The SMILES string of the molecule is CC1CCC(c2ccc3c(c2)COB3O)=NN1C. The molecular formula is C13H17BN2O2. The van der Waals surface area contributed by atoms with Crippen molar-refractivity contribution in [1.82, 2.24) is 5.01 Å². The minimum Gasteiger partial charge on any atom is -0.423 e. The molecule has 1 unspecified atom stereocenters. The standard InChI is InChI=1S/C13H17BN2O2/c1-9-3-6-13(15-16(9)2)10-4-5-12-11(7-10)8-18-14(12)17/h4-5,7,9,17H,3,6,8H2,1-2H3. The molecule has 2 aliphatic rings. The van der Waals surface area contributed by atoms with E-state index in [1.165, 1.54) is 0 Å². The Hall–Kier alpha value is -1.33. The van der Waals surface area contributed by atoms with Gasteiger partial charge in [-0.25, -0.2) is 0 Å². The maximum atomic E-state index is 9.60. The molecule has 0 aromatic heterocycles. The Labute approximate surface area is 107 Å². The lowest BCUT2D eigenvalue weighted by molar-refractivity contribution is 0.246. The molecule has 0 aliphatic carbocycles. The molecule has 2 aliphatic heterocycles. The first-order chi connectivity index (χ1) is 8.65. The summed E-state index contributed by atoms with van der Waals surface area (Å²) in [4.78, 5) is 0. The Morgan fingerprint density at radius 2 is 2.33 bits per heavy atom.